The van der Waals surface area contributed by atoms with E-state index in [9.17, 15) is 9.90 Å². The molecule has 0 saturated carbocycles. The van der Waals surface area contributed by atoms with Gasteiger partial charge in [0.25, 0.3) is 0 Å². The highest BCUT2D eigenvalue weighted by Crippen LogP contribution is 2.31. The summed E-state index contributed by atoms with van der Waals surface area (Å²) in [4.78, 5) is 12.5. The standard InChI is InChI=1S/C21H17NO4S/c22-10-11-25-17-8-4-7-16(13-17)19-14-18(23)20(21(24)26-19)27-12-9-15-5-2-1-3-6-15/h1-8,13-14,23H,9,11-12H2. The number of rotatable bonds is 7. The van der Waals surface area contributed by atoms with Gasteiger partial charge in [-0.25, -0.2) is 4.79 Å². The van der Waals surface area contributed by atoms with Crippen molar-refractivity contribution < 1.29 is 14.3 Å². The normalized spacial score (nSPS) is 10.3. The van der Waals surface area contributed by atoms with E-state index >= 15 is 0 Å². The molecule has 0 saturated heterocycles. The van der Waals surface area contributed by atoms with Gasteiger partial charge in [-0.2, -0.15) is 5.26 Å². The first kappa shape index (κ1) is 18.6. The number of nitriles is 1. The van der Waals surface area contributed by atoms with Gasteiger partial charge in [-0.05, 0) is 24.1 Å². The summed E-state index contributed by atoms with van der Waals surface area (Å²) >= 11 is 1.27. The van der Waals surface area contributed by atoms with E-state index in [4.69, 9.17) is 14.4 Å². The fourth-order valence-electron chi connectivity index (χ4n) is 2.52. The zero-order valence-electron chi connectivity index (χ0n) is 14.4. The van der Waals surface area contributed by atoms with E-state index in [-0.39, 0.29) is 23.0 Å². The van der Waals surface area contributed by atoms with Crippen LogP contribution in [0.2, 0.25) is 0 Å². The Hall–Kier alpha value is -3.17. The van der Waals surface area contributed by atoms with Crippen LogP contribution >= 0.6 is 11.8 Å². The van der Waals surface area contributed by atoms with Crippen LogP contribution in [0.3, 0.4) is 0 Å². The summed E-state index contributed by atoms with van der Waals surface area (Å²) in [7, 11) is 0. The van der Waals surface area contributed by atoms with Crippen LogP contribution in [0.4, 0.5) is 0 Å². The van der Waals surface area contributed by atoms with Crippen molar-refractivity contribution in [1.29, 1.82) is 5.26 Å². The Balaban J connectivity index is 1.75. The van der Waals surface area contributed by atoms with Crippen molar-refractivity contribution in [1.82, 2.24) is 0 Å². The Labute approximate surface area is 160 Å². The molecule has 5 nitrogen and oxygen atoms in total. The number of nitrogens with zero attached hydrogens (tertiary/aromatic N) is 1. The predicted molar refractivity (Wildman–Crippen MR) is 104 cm³/mol. The van der Waals surface area contributed by atoms with Crippen molar-refractivity contribution in [2.75, 3.05) is 12.4 Å². The third-order valence-electron chi connectivity index (χ3n) is 3.79. The van der Waals surface area contributed by atoms with Crippen molar-refractivity contribution >= 4 is 11.8 Å². The van der Waals surface area contributed by atoms with Crippen LogP contribution in [0, 0.1) is 11.3 Å². The molecular formula is C21H17NO4S. The van der Waals surface area contributed by atoms with Gasteiger partial charge >= 0.3 is 5.63 Å². The summed E-state index contributed by atoms with van der Waals surface area (Å²) in [5.41, 5.74) is 1.17. The minimum atomic E-state index is -0.577. The van der Waals surface area contributed by atoms with Crippen LogP contribution in [-0.4, -0.2) is 17.5 Å². The third kappa shape index (κ3) is 4.93. The first-order chi connectivity index (χ1) is 13.2. The van der Waals surface area contributed by atoms with E-state index in [0.717, 1.165) is 6.42 Å². The van der Waals surface area contributed by atoms with Gasteiger partial charge in [-0.3, -0.25) is 0 Å². The molecule has 0 unspecified atom stereocenters. The van der Waals surface area contributed by atoms with Crippen molar-refractivity contribution in [3.05, 3.63) is 76.6 Å². The molecule has 27 heavy (non-hydrogen) atoms. The van der Waals surface area contributed by atoms with Gasteiger partial charge < -0.3 is 14.3 Å². The van der Waals surface area contributed by atoms with Gasteiger partial charge in [-0.1, -0.05) is 42.5 Å². The zero-order valence-corrected chi connectivity index (χ0v) is 15.2. The lowest BCUT2D eigenvalue weighted by atomic mass is 10.1. The maximum Gasteiger partial charge on any atom is 0.353 e. The average Bonchev–Trinajstić information content (AvgIpc) is 2.69. The lowest BCUT2D eigenvalue weighted by molar-refractivity contribution is 0.368. The van der Waals surface area contributed by atoms with Gasteiger partial charge in [0, 0.05) is 17.4 Å². The maximum atomic E-state index is 12.3. The molecule has 0 atom stereocenters. The van der Waals surface area contributed by atoms with E-state index in [1.807, 2.05) is 36.4 Å². The Morgan fingerprint density at radius 3 is 2.67 bits per heavy atom. The Bertz CT molecular complexity index is 1010. The molecule has 1 N–H and O–H groups in total. The van der Waals surface area contributed by atoms with Crippen molar-refractivity contribution in [3.63, 3.8) is 0 Å². The highest BCUT2D eigenvalue weighted by atomic mass is 32.2. The largest absolute Gasteiger partial charge is 0.506 e. The number of hydrogen-bond acceptors (Lipinski definition) is 6. The lowest BCUT2D eigenvalue weighted by Crippen LogP contribution is -2.04. The van der Waals surface area contributed by atoms with E-state index in [1.165, 1.54) is 23.4 Å². The van der Waals surface area contributed by atoms with Crippen LogP contribution in [0.5, 0.6) is 11.5 Å². The summed E-state index contributed by atoms with van der Waals surface area (Å²) in [5, 5.41) is 18.9. The van der Waals surface area contributed by atoms with E-state index in [2.05, 4.69) is 0 Å². The number of benzene rings is 2. The molecule has 0 bridgehead atoms. The third-order valence-corrected chi connectivity index (χ3v) is 4.86. The topological polar surface area (TPSA) is 83.5 Å². The minimum absolute atomic E-state index is 0.0738. The molecule has 3 rings (SSSR count). The molecule has 2 aromatic carbocycles. The molecule has 1 aromatic heterocycles. The first-order valence-corrected chi connectivity index (χ1v) is 9.30. The second-order valence-electron chi connectivity index (χ2n) is 5.67. The van der Waals surface area contributed by atoms with Crippen LogP contribution in [0.25, 0.3) is 11.3 Å². The van der Waals surface area contributed by atoms with E-state index in [0.29, 0.717) is 17.1 Å². The maximum absolute atomic E-state index is 12.3. The molecule has 0 amide bonds. The molecular weight excluding hydrogens is 362 g/mol. The molecule has 6 heteroatoms. The molecule has 0 aliphatic heterocycles. The van der Waals surface area contributed by atoms with Crippen molar-refractivity contribution in [2.45, 2.75) is 11.3 Å². The van der Waals surface area contributed by atoms with Crippen LogP contribution in [0.1, 0.15) is 5.56 Å². The highest BCUT2D eigenvalue weighted by Gasteiger charge is 2.13. The predicted octanol–water partition coefficient (Wildman–Crippen LogP) is 4.25. The van der Waals surface area contributed by atoms with Crippen molar-refractivity contribution in [3.8, 4) is 28.9 Å². The molecule has 0 spiro atoms. The Kier molecular flexibility index (Phi) is 6.18. The summed E-state index contributed by atoms with van der Waals surface area (Å²) < 4.78 is 10.6. The van der Waals surface area contributed by atoms with Crippen LogP contribution in [0.15, 0.2) is 74.8 Å². The number of hydrogen-bond donors (Lipinski definition) is 1. The average molecular weight is 379 g/mol. The number of aromatic hydroxyl groups is 1. The lowest BCUT2D eigenvalue weighted by Gasteiger charge is -2.07. The SMILES string of the molecule is N#CCOc1cccc(-c2cc(O)c(SCCc3ccccc3)c(=O)o2)c1. The summed E-state index contributed by atoms with van der Waals surface area (Å²) in [6.07, 6.45) is 0.782. The molecule has 0 fully saturated rings. The number of aryl methyl sites for hydroxylation is 1. The second kappa shape index (κ2) is 8.97. The second-order valence-corrected chi connectivity index (χ2v) is 6.78. The number of ether oxygens (including phenoxy) is 1. The van der Waals surface area contributed by atoms with Crippen LogP contribution < -0.4 is 10.4 Å². The molecule has 136 valence electrons. The monoisotopic (exact) mass is 379 g/mol. The Morgan fingerprint density at radius 1 is 1.11 bits per heavy atom. The van der Waals surface area contributed by atoms with Gasteiger partial charge in [0.05, 0.1) is 0 Å². The molecule has 3 aromatic rings. The molecule has 0 aliphatic rings. The molecule has 0 aliphatic carbocycles. The first-order valence-electron chi connectivity index (χ1n) is 8.31. The number of thioether (sulfide) groups is 1. The summed E-state index contributed by atoms with van der Waals surface area (Å²) in [6.45, 7) is -0.0738. The summed E-state index contributed by atoms with van der Waals surface area (Å²) in [6, 6.07) is 20.1. The highest BCUT2D eigenvalue weighted by molar-refractivity contribution is 7.99. The Morgan fingerprint density at radius 2 is 1.93 bits per heavy atom. The zero-order chi connectivity index (χ0) is 19.1. The smallest absolute Gasteiger partial charge is 0.353 e. The van der Waals surface area contributed by atoms with E-state index in [1.54, 1.807) is 24.3 Å². The quantitative estimate of drug-likeness (QED) is 0.618. The van der Waals surface area contributed by atoms with Crippen molar-refractivity contribution in [2.24, 2.45) is 0 Å². The van der Waals surface area contributed by atoms with Gasteiger partial charge in [0.2, 0.25) is 0 Å². The molecule has 1 heterocycles. The van der Waals surface area contributed by atoms with Gasteiger partial charge in [-0.15, -0.1) is 11.8 Å². The minimum Gasteiger partial charge on any atom is -0.506 e. The molecule has 0 radical (unpaired) electrons. The van der Waals surface area contributed by atoms with E-state index < -0.39 is 5.63 Å². The van der Waals surface area contributed by atoms with Gasteiger partial charge in [0.1, 0.15) is 28.2 Å². The fourth-order valence-corrected chi connectivity index (χ4v) is 3.42. The summed E-state index contributed by atoms with van der Waals surface area (Å²) in [5.74, 6) is 1.27. The van der Waals surface area contributed by atoms with Crippen LogP contribution in [-0.2, 0) is 6.42 Å². The van der Waals surface area contributed by atoms with Gasteiger partial charge in [0.15, 0.2) is 6.61 Å². The fraction of sp³-hybridized carbons (Fsp3) is 0.143.